The van der Waals surface area contributed by atoms with Gasteiger partial charge in [0.05, 0.1) is 11.3 Å². The summed E-state index contributed by atoms with van der Waals surface area (Å²) in [5, 5.41) is 4.54. The van der Waals surface area contributed by atoms with E-state index in [4.69, 9.17) is 0 Å². The van der Waals surface area contributed by atoms with Gasteiger partial charge in [-0.2, -0.15) is 22.7 Å². The molecule has 1 aliphatic heterocycles. The normalized spacial score (nSPS) is 17.2. The maximum absolute atomic E-state index is 13.0. The van der Waals surface area contributed by atoms with Crippen LogP contribution in [0.4, 0.5) is 24.7 Å². The highest BCUT2D eigenvalue weighted by Gasteiger charge is 2.32. The van der Waals surface area contributed by atoms with Crippen LogP contribution in [0, 0.1) is 6.92 Å². The minimum atomic E-state index is -4.33. The molecule has 0 saturated carbocycles. The lowest BCUT2D eigenvalue weighted by atomic mass is 10.1. The zero-order valence-electron chi connectivity index (χ0n) is 16.1. The van der Waals surface area contributed by atoms with E-state index in [2.05, 4.69) is 20.0 Å². The maximum Gasteiger partial charge on any atom is 0.416 e. The number of fused-ring (bicyclic) bond motifs is 2. The molecular formula is C20H21F3N6. The first-order chi connectivity index (χ1) is 13.9. The second-order valence-corrected chi connectivity index (χ2v) is 7.61. The molecule has 0 spiro atoms. The number of anilines is 2. The van der Waals surface area contributed by atoms with Gasteiger partial charge in [0.25, 0.3) is 5.78 Å². The van der Waals surface area contributed by atoms with Crippen LogP contribution in [-0.2, 0) is 19.0 Å². The Balaban J connectivity index is 1.42. The highest BCUT2D eigenvalue weighted by atomic mass is 19.4. The van der Waals surface area contributed by atoms with Crippen molar-refractivity contribution in [1.29, 1.82) is 0 Å². The third-order valence-electron chi connectivity index (χ3n) is 5.71. The van der Waals surface area contributed by atoms with E-state index in [-0.39, 0.29) is 0 Å². The van der Waals surface area contributed by atoms with Crippen molar-refractivity contribution < 1.29 is 13.2 Å². The summed E-state index contributed by atoms with van der Waals surface area (Å²) in [6.07, 6.45) is -1.33. The number of nitrogens with zero attached hydrogens (tertiary/aromatic N) is 6. The molecule has 0 atom stereocenters. The number of hydrogen-bond acceptors (Lipinski definition) is 5. The largest absolute Gasteiger partial charge is 0.416 e. The van der Waals surface area contributed by atoms with Crippen LogP contribution in [0.1, 0.15) is 29.1 Å². The summed E-state index contributed by atoms with van der Waals surface area (Å²) >= 11 is 0. The van der Waals surface area contributed by atoms with Crippen LogP contribution >= 0.6 is 0 Å². The minimum absolute atomic E-state index is 0.607. The summed E-state index contributed by atoms with van der Waals surface area (Å²) in [6.45, 7) is 4.57. The van der Waals surface area contributed by atoms with Crippen molar-refractivity contribution in [3.63, 3.8) is 0 Å². The van der Waals surface area contributed by atoms with E-state index < -0.39 is 11.7 Å². The number of aromatic nitrogens is 4. The van der Waals surface area contributed by atoms with Gasteiger partial charge in [-0.05, 0) is 44.4 Å². The fourth-order valence-corrected chi connectivity index (χ4v) is 4.34. The average molecular weight is 402 g/mol. The second-order valence-electron chi connectivity index (χ2n) is 7.61. The smallest absolute Gasteiger partial charge is 0.368 e. The van der Waals surface area contributed by atoms with Crippen molar-refractivity contribution >= 4 is 17.3 Å². The quantitative estimate of drug-likeness (QED) is 0.659. The minimum Gasteiger partial charge on any atom is -0.368 e. The number of alkyl halides is 3. The highest BCUT2D eigenvalue weighted by Crippen LogP contribution is 2.34. The van der Waals surface area contributed by atoms with Crippen LogP contribution < -0.4 is 9.80 Å². The lowest BCUT2D eigenvalue weighted by Crippen LogP contribution is -2.47. The van der Waals surface area contributed by atoms with Crippen LogP contribution in [0.25, 0.3) is 5.78 Å². The molecule has 3 aromatic rings. The molecule has 2 aliphatic rings. The highest BCUT2D eigenvalue weighted by molar-refractivity contribution is 5.58. The molecule has 1 saturated heterocycles. The third-order valence-corrected chi connectivity index (χ3v) is 5.71. The lowest BCUT2D eigenvalue weighted by Gasteiger charge is -2.38. The molecule has 3 heterocycles. The van der Waals surface area contributed by atoms with E-state index in [0.29, 0.717) is 43.5 Å². The van der Waals surface area contributed by atoms with E-state index in [0.717, 1.165) is 36.8 Å². The SMILES string of the molecule is Cc1nc2nc3c(c(N4CCN(c5cccc(C(F)(F)F)c5)CC4)n2n1)CCC3. The molecule has 152 valence electrons. The van der Waals surface area contributed by atoms with Gasteiger partial charge in [-0.15, -0.1) is 5.10 Å². The standard InChI is InChI=1S/C20H21F3N6/c1-13-24-19-25-17-7-3-6-16(17)18(29(19)26-13)28-10-8-27(9-11-28)15-5-2-4-14(12-15)20(21,22)23/h2,4-5,12H,3,6-11H2,1H3. The Bertz CT molecular complexity index is 1070. The molecule has 1 fully saturated rings. The first-order valence-corrected chi connectivity index (χ1v) is 9.82. The molecule has 9 heteroatoms. The number of benzene rings is 1. The zero-order valence-corrected chi connectivity index (χ0v) is 16.1. The van der Waals surface area contributed by atoms with E-state index >= 15 is 0 Å². The van der Waals surface area contributed by atoms with Crippen molar-refractivity contribution in [2.75, 3.05) is 36.0 Å². The Morgan fingerprint density at radius 3 is 2.48 bits per heavy atom. The molecule has 0 radical (unpaired) electrons. The van der Waals surface area contributed by atoms with Gasteiger partial charge < -0.3 is 9.80 Å². The first-order valence-electron chi connectivity index (χ1n) is 9.82. The summed E-state index contributed by atoms with van der Waals surface area (Å²) in [4.78, 5) is 13.4. The molecule has 6 nitrogen and oxygen atoms in total. The molecule has 1 aliphatic carbocycles. The molecule has 0 amide bonds. The van der Waals surface area contributed by atoms with Crippen molar-refractivity contribution in [2.24, 2.45) is 0 Å². The number of halogens is 3. The fourth-order valence-electron chi connectivity index (χ4n) is 4.34. The number of piperazine rings is 1. The Morgan fingerprint density at radius 2 is 1.72 bits per heavy atom. The second kappa shape index (κ2) is 6.60. The van der Waals surface area contributed by atoms with Crippen LogP contribution in [0.5, 0.6) is 0 Å². The lowest BCUT2D eigenvalue weighted by molar-refractivity contribution is -0.137. The van der Waals surface area contributed by atoms with Crippen LogP contribution in [0.3, 0.4) is 0 Å². The topological polar surface area (TPSA) is 49.6 Å². The Kier molecular flexibility index (Phi) is 4.15. The molecule has 0 bridgehead atoms. The molecule has 0 N–H and O–H groups in total. The molecular weight excluding hydrogens is 381 g/mol. The summed E-state index contributed by atoms with van der Waals surface area (Å²) < 4.78 is 41.0. The van der Waals surface area contributed by atoms with E-state index in [9.17, 15) is 13.2 Å². The Labute approximate surface area is 166 Å². The monoisotopic (exact) mass is 402 g/mol. The Hall–Kier alpha value is -2.84. The van der Waals surface area contributed by atoms with Crippen LogP contribution in [0.2, 0.25) is 0 Å². The number of aryl methyl sites for hydroxylation is 2. The Morgan fingerprint density at radius 1 is 0.966 bits per heavy atom. The number of hydrogen-bond donors (Lipinski definition) is 0. The van der Waals surface area contributed by atoms with Crippen molar-refractivity contribution in [3.8, 4) is 0 Å². The summed E-state index contributed by atoms with van der Waals surface area (Å²) in [5.41, 5.74) is 2.33. The van der Waals surface area contributed by atoms with Gasteiger partial charge in [-0.25, -0.2) is 4.98 Å². The van der Waals surface area contributed by atoms with Crippen LogP contribution in [-0.4, -0.2) is 45.8 Å². The zero-order chi connectivity index (χ0) is 20.2. The van der Waals surface area contributed by atoms with Gasteiger partial charge in [-0.1, -0.05) is 6.07 Å². The predicted molar refractivity (Wildman–Crippen MR) is 103 cm³/mol. The number of rotatable bonds is 2. The van der Waals surface area contributed by atoms with Gasteiger partial charge in [0.1, 0.15) is 11.6 Å². The third kappa shape index (κ3) is 3.18. The maximum atomic E-state index is 13.0. The predicted octanol–water partition coefficient (Wildman–Crippen LogP) is 3.27. The van der Waals surface area contributed by atoms with Gasteiger partial charge in [-0.3, -0.25) is 0 Å². The molecule has 1 aromatic carbocycles. The molecule has 2 aromatic heterocycles. The van der Waals surface area contributed by atoms with E-state index in [1.54, 1.807) is 6.07 Å². The van der Waals surface area contributed by atoms with Crippen molar-refractivity contribution in [1.82, 2.24) is 19.6 Å². The van der Waals surface area contributed by atoms with Crippen LogP contribution in [0.15, 0.2) is 24.3 Å². The van der Waals surface area contributed by atoms with Gasteiger partial charge in [0.2, 0.25) is 0 Å². The fraction of sp³-hybridized carbons (Fsp3) is 0.450. The van der Waals surface area contributed by atoms with E-state index in [1.807, 2.05) is 16.3 Å². The van der Waals surface area contributed by atoms with E-state index in [1.165, 1.54) is 17.7 Å². The van der Waals surface area contributed by atoms with Crippen molar-refractivity contribution in [3.05, 3.63) is 46.9 Å². The average Bonchev–Trinajstić information content (AvgIpc) is 3.30. The molecule has 29 heavy (non-hydrogen) atoms. The van der Waals surface area contributed by atoms with Crippen molar-refractivity contribution in [2.45, 2.75) is 32.4 Å². The summed E-state index contributed by atoms with van der Waals surface area (Å²) in [7, 11) is 0. The summed E-state index contributed by atoms with van der Waals surface area (Å²) in [5.74, 6) is 2.36. The van der Waals surface area contributed by atoms with Gasteiger partial charge >= 0.3 is 6.18 Å². The molecule has 0 unspecified atom stereocenters. The van der Waals surface area contributed by atoms with Gasteiger partial charge in [0.15, 0.2) is 0 Å². The molecule has 5 rings (SSSR count). The van der Waals surface area contributed by atoms with Gasteiger partial charge in [0, 0.05) is 37.4 Å². The summed E-state index contributed by atoms with van der Waals surface area (Å²) in [6, 6.07) is 5.57. The first kappa shape index (κ1) is 18.2.